The number of para-hydroxylation sites is 1. The molecule has 0 unspecified atom stereocenters. The van der Waals surface area contributed by atoms with Crippen molar-refractivity contribution in [1.82, 2.24) is 9.21 Å². The molecule has 1 saturated heterocycles. The van der Waals surface area contributed by atoms with Gasteiger partial charge in [-0.05, 0) is 23.8 Å². The highest BCUT2D eigenvalue weighted by Gasteiger charge is 2.27. The van der Waals surface area contributed by atoms with Gasteiger partial charge in [-0.25, -0.2) is 8.42 Å². The number of carbonyl (C=O) groups excluding carboxylic acids is 1. The van der Waals surface area contributed by atoms with Gasteiger partial charge in [-0.1, -0.05) is 54.1 Å². The maximum atomic E-state index is 12.5. The molecule has 3 rings (SSSR count). The first kappa shape index (κ1) is 20.4. The molecule has 0 saturated carbocycles. The third-order valence-corrected chi connectivity index (χ3v) is 6.25. The molecule has 8 heteroatoms. The molecule has 1 amide bonds. The smallest absolute Gasteiger partial charge is 0.260 e. The number of amides is 1. The maximum absolute atomic E-state index is 12.5. The van der Waals surface area contributed by atoms with E-state index < -0.39 is 10.0 Å². The molecule has 1 heterocycles. The third kappa shape index (κ3) is 5.34. The fourth-order valence-electron chi connectivity index (χ4n) is 2.80. The Bertz CT molecular complexity index is 940. The number of benzene rings is 2. The first-order valence-electron chi connectivity index (χ1n) is 8.84. The van der Waals surface area contributed by atoms with Gasteiger partial charge in [-0.15, -0.1) is 0 Å². The Balaban J connectivity index is 1.51. The van der Waals surface area contributed by atoms with Crippen molar-refractivity contribution in [3.8, 4) is 5.75 Å². The fraction of sp³-hybridized carbons (Fsp3) is 0.250. The zero-order valence-corrected chi connectivity index (χ0v) is 16.8. The van der Waals surface area contributed by atoms with Crippen molar-refractivity contribution in [1.29, 1.82) is 0 Å². The van der Waals surface area contributed by atoms with Crippen LogP contribution in [0.1, 0.15) is 5.56 Å². The molecule has 2 aromatic carbocycles. The predicted octanol–water partition coefficient (Wildman–Crippen LogP) is 2.86. The van der Waals surface area contributed by atoms with Crippen LogP contribution < -0.4 is 4.74 Å². The van der Waals surface area contributed by atoms with Gasteiger partial charge in [-0.3, -0.25) is 4.79 Å². The molecule has 0 aromatic heterocycles. The summed E-state index contributed by atoms with van der Waals surface area (Å²) in [5.41, 5.74) is 0.816. The van der Waals surface area contributed by atoms with E-state index >= 15 is 0 Å². The van der Waals surface area contributed by atoms with E-state index in [0.717, 1.165) is 5.56 Å². The molecular formula is C20H21ClN2O4S. The average molecular weight is 421 g/mol. The van der Waals surface area contributed by atoms with Crippen molar-refractivity contribution in [2.45, 2.75) is 0 Å². The summed E-state index contributed by atoms with van der Waals surface area (Å²) in [7, 11) is -3.53. The predicted molar refractivity (Wildman–Crippen MR) is 109 cm³/mol. The second-order valence-corrected chi connectivity index (χ2v) is 8.48. The fourth-order valence-corrected chi connectivity index (χ4v) is 4.16. The highest BCUT2D eigenvalue weighted by molar-refractivity contribution is 7.92. The minimum Gasteiger partial charge on any atom is -0.482 e. The Morgan fingerprint density at radius 3 is 2.32 bits per heavy atom. The highest BCUT2D eigenvalue weighted by atomic mass is 35.5. The van der Waals surface area contributed by atoms with Crippen LogP contribution in [0.15, 0.2) is 60.0 Å². The van der Waals surface area contributed by atoms with Crippen LogP contribution in [-0.4, -0.2) is 56.3 Å². The molecule has 28 heavy (non-hydrogen) atoms. The second-order valence-electron chi connectivity index (χ2n) is 6.26. The molecule has 0 radical (unpaired) electrons. The number of rotatable bonds is 6. The quantitative estimate of drug-likeness (QED) is 0.720. The Morgan fingerprint density at radius 1 is 1.00 bits per heavy atom. The third-order valence-electron chi connectivity index (χ3n) is 4.37. The first-order chi connectivity index (χ1) is 13.5. The molecular weight excluding hydrogens is 400 g/mol. The molecule has 0 spiro atoms. The van der Waals surface area contributed by atoms with Crippen LogP contribution in [0.5, 0.6) is 5.75 Å². The van der Waals surface area contributed by atoms with Crippen LogP contribution >= 0.6 is 11.6 Å². The van der Waals surface area contributed by atoms with E-state index in [1.54, 1.807) is 35.2 Å². The lowest BCUT2D eigenvalue weighted by atomic mass is 10.2. The zero-order valence-electron chi connectivity index (χ0n) is 15.2. The highest BCUT2D eigenvalue weighted by Crippen LogP contribution is 2.23. The summed E-state index contributed by atoms with van der Waals surface area (Å²) in [5.74, 6) is 0.251. The lowest BCUT2D eigenvalue weighted by molar-refractivity contribution is -0.134. The molecule has 0 atom stereocenters. The molecule has 0 N–H and O–H groups in total. The summed E-state index contributed by atoms with van der Waals surface area (Å²) in [6.07, 6.45) is 1.57. The molecule has 0 bridgehead atoms. The second kappa shape index (κ2) is 9.23. The lowest BCUT2D eigenvalue weighted by Gasteiger charge is -2.33. The number of nitrogens with zero attached hydrogens (tertiary/aromatic N) is 2. The molecule has 1 aliphatic rings. The van der Waals surface area contributed by atoms with Crippen LogP contribution in [0.4, 0.5) is 0 Å². The Kier molecular flexibility index (Phi) is 6.72. The molecule has 0 aliphatic carbocycles. The van der Waals surface area contributed by atoms with Crippen LogP contribution in [0.3, 0.4) is 0 Å². The van der Waals surface area contributed by atoms with Crippen LogP contribution in [0.25, 0.3) is 6.08 Å². The monoisotopic (exact) mass is 420 g/mol. The number of hydrogen-bond acceptors (Lipinski definition) is 4. The van der Waals surface area contributed by atoms with Gasteiger partial charge < -0.3 is 9.64 Å². The van der Waals surface area contributed by atoms with Gasteiger partial charge in [0.2, 0.25) is 10.0 Å². The van der Waals surface area contributed by atoms with E-state index in [9.17, 15) is 13.2 Å². The maximum Gasteiger partial charge on any atom is 0.260 e. The van der Waals surface area contributed by atoms with Gasteiger partial charge in [-0.2, -0.15) is 4.31 Å². The van der Waals surface area contributed by atoms with Crippen molar-refractivity contribution >= 4 is 33.6 Å². The van der Waals surface area contributed by atoms with Gasteiger partial charge >= 0.3 is 0 Å². The van der Waals surface area contributed by atoms with E-state index in [1.165, 1.54) is 9.71 Å². The summed E-state index contributed by atoms with van der Waals surface area (Å²) >= 11 is 6.01. The van der Waals surface area contributed by atoms with Crippen LogP contribution in [-0.2, 0) is 14.8 Å². The zero-order chi connectivity index (χ0) is 20.0. The molecule has 6 nitrogen and oxygen atoms in total. The number of sulfonamides is 1. The number of hydrogen-bond donors (Lipinski definition) is 0. The SMILES string of the molecule is O=C(COc1ccccc1Cl)N1CCN(S(=O)(=O)/C=C/c2ccccc2)CC1. The van der Waals surface area contributed by atoms with Gasteiger partial charge in [0.05, 0.1) is 5.02 Å². The Labute approximate surface area is 170 Å². The summed E-state index contributed by atoms with van der Waals surface area (Å²) in [6, 6.07) is 16.2. The van der Waals surface area contributed by atoms with Crippen molar-refractivity contribution in [2.24, 2.45) is 0 Å². The van der Waals surface area contributed by atoms with Gasteiger partial charge in [0.15, 0.2) is 6.61 Å². The van der Waals surface area contributed by atoms with Crippen LogP contribution in [0.2, 0.25) is 5.02 Å². The number of carbonyl (C=O) groups is 1. The number of halogens is 1. The van der Waals surface area contributed by atoms with E-state index in [-0.39, 0.29) is 25.6 Å². The number of piperazine rings is 1. The number of ether oxygens (including phenoxy) is 1. The standard InChI is InChI=1S/C20H21ClN2O4S/c21-18-8-4-5-9-19(18)27-16-20(24)22-11-13-23(14-12-22)28(25,26)15-10-17-6-2-1-3-7-17/h1-10,15H,11-14,16H2/b15-10+. The normalized spacial score (nSPS) is 15.7. The van der Waals surface area contributed by atoms with Crippen molar-refractivity contribution in [3.05, 3.63) is 70.6 Å². The molecule has 1 aliphatic heterocycles. The van der Waals surface area contributed by atoms with Gasteiger partial charge in [0.25, 0.3) is 5.91 Å². The van der Waals surface area contributed by atoms with Crippen molar-refractivity contribution in [2.75, 3.05) is 32.8 Å². The minimum absolute atomic E-state index is 0.135. The van der Waals surface area contributed by atoms with Gasteiger partial charge in [0.1, 0.15) is 5.75 Å². The minimum atomic E-state index is -3.53. The average Bonchev–Trinajstić information content (AvgIpc) is 2.72. The van der Waals surface area contributed by atoms with E-state index in [4.69, 9.17) is 16.3 Å². The van der Waals surface area contributed by atoms with E-state index in [1.807, 2.05) is 30.3 Å². The van der Waals surface area contributed by atoms with Gasteiger partial charge in [0, 0.05) is 31.6 Å². The Hall–Kier alpha value is -2.35. The molecule has 148 valence electrons. The molecule has 1 fully saturated rings. The summed E-state index contributed by atoms with van der Waals surface area (Å²) < 4.78 is 31.8. The van der Waals surface area contributed by atoms with Crippen LogP contribution in [0, 0.1) is 0 Å². The first-order valence-corrected chi connectivity index (χ1v) is 10.7. The van der Waals surface area contributed by atoms with E-state index in [0.29, 0.717) is 23.9 Å². The summed E-state index contributed by atoms with van der Waals surface area (Å²) in [4.78, 5) is 13.9. The topological polar surface area (TPSA) is 66.9 Å². The Morgan fingerprint density at radius 2 is 1.64 bits per heavy atom. The molecule has 2 aromatic rings. The summed E-state index contributed by atoms with van der Waals surface area (Å²) in [5, 5.41) is 1.65. The van der Waals surface area contributed by atoms with Crippen molar-refractivity contribution in [3.63, 3.8) is 0 Å². The van der Waals surface area contributed by atoms with Crippen molar-refractivity contribution < 1.29 is 17.9 Å². The lowest BCUT2D eigenvalue weighted by Crippen LogP contribution is -2.51. The largest absolute Gasteiger partial charge is 0.482 e. The van der Waals surface area contributed by atoms with E-state index in [2.05, 4.69) is 0 Å². The summed E-state index contributed by atoms with van der Waals surface area (Å²) in [6.45, 7) is 1.01.